The first-order chi connectivity index (χ1) is 14.5. The van der Waals surface area contributed by atoms with E-state index in [2.05, 4.69) is 15.3 Å². The van der Waals surface area contributed by atoms with Crippen LogP contribution >= 0.6 is 11.8 Å². The summed E-state index contributed by atoms with van der Waals surface area (Å²) in [6, 6.07) is 4.55. The van der Waals surface area contributed by atoms with Crippen molar-refractivity contribution in [3.63, 3.8) is 0 Å². The van der Waals surface area contributed by atoms with E-state index < -0.39 is 6.04 Å². The summed E-state index contributed by atoms with van der Waals surface area (Å²) in [4.78, 5) is 35.8. The standard InChI is InChI=1S/C20H24N4O5S/c1-28-13-5-4-12(17(8-13)29-2)10-21-19(27)15-9-16(26)14-11-22-20(30-3)23-18(14)24(15)6-7-25/h4-5,8,11,15,25H,6-7,9-10H2,1-3H3,(H,21,27). The Balaban J connectivity index is 1.81. The minimum Gasteiger partial charge on any atom is -0.497 e. The van der Waals surface area contributed by atoms with Crippen LogP contribution in [0.15, 0.2) is 29.6 Å². The van der Waals surface area contributed by atoms with Crippen molar-refractivity contribution >= 4 is 29.3 Å². The number of ether oxygens (including phenoxy) is 2. The van der Waals surface area contributed by atoms with Gasteiger partial charge in [0.1, 0.15) is 23.4 Å². The lowest BCUT2D eigenvalue weighted by Crippen LogP contribution is -2.52. The summed E-state index contributed by atoms with van der Waals surface area (Å²) < 4.78 is 10.6. The molecule has 0 saturated carbocycles. The quantitative estimate of drug-likeness (QED) is 0.470. The van der Waals surface area contributed by atoms with Crippen LogP contribution in [-0.4, -0.2) is 66.4 Å². The minimum absolute atomic E-state index is 0.0133. The van der Waals surface area contributed by atoms with Crippen molar-refractivity contribution in [3.8, 4) is 11.5 Å². The van der Waals surface area contributed by atoms with Crippen molar-refractivity contribution in [2.24, 2.45) is 0 Å². The van der Waals surface area contributed by atoms with Crippen LogP contribution in [0.2, 0.25) is 0 Å². The number of anilines is 1. The number of rotatable bonds is 8. The number of hydrogen-bond donors (Lipinski definition) is 2. The Bertz CT molecular complexity index is 939. The lowest BCUT2D eigenvalue weighted by molar-refractivity contribution is -0.122. The van der Waals surface area contributed by atoms with Crippen molar-refractivity contribution in [2.45, 2.75) is 24.2 Å². The maximum absolute atomic E-state index is 13.0. The highest BCUT2D eigenvalue weighted by Crippen LogP contribution is 2.30. The van der Waals surface area contributed by atoms with Gasteiger partial charge in [-0.1, -0.05) is 11.8 Å². The monoisotopic (exact) mass is 432 g/mol. The Morgan fingerprint density at radius 2 is 2.17 bits per heavy atom. The van der Waals surface area contributed by atoms with Crippen molar-refractivity contribution in [1.29, 1.82) is 0 Å². The number of carbonyl (C=O) groups is 2. The van der Waals surface area contributed by atoms with Crippen LogP contribution in [0.1, 0.15) is 22.3 Å². The van der Waals surface area contributed by atoms with E-state index in [0.717, 1.165) is 5.56 Å². The molecule has 0 saturated heterocycles. The van der Waals surface area contributed by atoms with E-state index in [4.69, 9.17) is 9.47 Å². The number of methoxy groups -OCH3 is 2. The summed E-state index contributed by atoms with van der Waals surface area (Å²) >= 11 is 1.34. The summed E-state index contributed by atoms with van der Waals surface area (Å²) in [6.07, 6.45) is 3.30. The van der Waals surface area contributed by atoms with E-state index in [1.54, 1.807) is 31.3 Å². The van der Waals surface area contributed by atoms with Crippen LogP contribution in [-0.2, 0) is 11.3 Å². The number of Topliss-reactive ketones (excluding diaryl/α,β-unsaturated/α-hetero) is 1. The smallest absolute Gasteiger partial charge is 0.243 e. The van der Waals surface area contributed by atoms with Gasteiger partial charge >= 0.3 is 0 Å². The number of aliphatic hydroxyl groups is 1. The molecule has 1 aromatic heterocycles. The highest BCUT2D eigenvalue weighted by molar-refractivity contribution is 7.98. The van der Waals surface area contributed by atoms with E-state index in [9.17, 15) is 14.7 Å². The number of hydrogen-bond acceptors (Lipinski definition) is 9. The van der Waals surface area contributed by atoms with E-state index in [0.29, 0.717) is 28.0 Å². The second kappa shape index (κ2) is 9.77. The Morgan fingerprint density at radius 1 is 1.37 bits per heavy atom. The topological polar surface area (TPSA) is 114 Å². The fraction of sp³-hybridized carbons (Fsp3) is 0.400. The first-order valence-electron chi connectivity index (χ1n) is 9.32. The molecule has 1 aromatic carbocycles. The molecule has 2 heterocycles. The molecule has 0 fully saturated rings. The summed E-state index contributed by atoms with van der Waals surface area (Å²) in [6.45, 7) is 0.216. The van der Waals surface area contributed by atoms with Gasteiger partial charge in [0, 0.05) is 37.3 Å². The predicted molar refractivity (Wildman–Crippen MR) is 112 cm³/mol. The zero-order valence-electron chi connectivity index (χ0n) is 17.0. The molecular weight excluding hydrogens is 408 g/mol. The summed E-state index contributed by atoms with van der Waals surface area (Å²) in [5.41, 5.74) is 1.14. The molecule has 1 aliphatic heterocycles. The Kier molecular flexibility index (Phi) is 7.11. The average Bonchev–Trinajstić information content (AvgIpc) is 2.78. The number of β-amino-alcohol motifs (C(OH)–C–C–N with tert-alkyl or cyclic N) is 1. The number of ketones is 1. The van der Waals surface area contributed by atoms with E-state index >= 15 is 0 Å². The van der Waals surface area contributed by atoms with Gasteiger partial charge in [0.05, 0.1) is 26.4 Å². The van der Waals surface area contributed by atoms with Crippen molar-refractivity contribution < 1.29 is 24.2 Å². The molecule has 30 heavy (non-hydrogen) atoms. The molecule has 0 radical (unpaired) electrons. The second-order valence-corrected chi connectivity index (χ2v) is 7.32. The number of carbonyl (C=O) groups excluding carboxylic acids is 2. The molecule has 0 bridgehead atoms. The molecule has 10 heteroatoms. The van der Waals surface area contributed by atoms with Gasteiger partial charge in [0.2, 0.25) is 5.91 Å². The maximum atomic E-state index is 13.0. The van der Waals surface area contributed by atoms with Gasteiger partial charge < -0.3 is 24.8 Å². The van der Waals surface area contributed by atoms with Crippen LogP contribution in [0.5, 0.6) is 11.5 Å². The largest absolute Gasteiger partial charge is 0.497 e. The van der Waals surface area contributed by atoms with Gasteiger partial charge in [-0.2, -0.15) is 0 Å². The second-order valence-electron chi connectivity index (χ2n) is 6.55. The van der Waals surface area contributed by atoms with Crippen LogP contribution in [0, 0.1) is 0 Å². The zero-order chi connectivity index (χ0) is 21.7. The highest BCUT2D eigenvalue weighted by Gasteiger charge is 2.37. The normalized spacial score (nSPS) is 15.5. The highest BCUT2D eigenvalue weighted by atomic mass is 32.2. The first kappa shape index (κ1) is 21.8. The molecule has 0 aliphatic carbocycles. The van der Waals surface area contributed by atoms with Crippen LogP contribution in [0.25, 0.3) is 0 Å². The van der Waals surface area contributed by atoms with Gasteiger partial charge in [0.15, 0.2) is 10.9 Å². The van der Waals surface area contributed by atoms with Crippen LogP contribution < -0.4 is 19.7 Å². The number of benzene rings is 1. The molecule has 1 unspecified atom stereocenters. The fourth-order valence-corrected chi connectivity index (χ4v) is 3.65. The molecule has 1 amide bonds. The lowest BCUT2D eigenvalue weighted by Gasteiger charge is -2.35. The number of fused-ring (bicyclic) bond motifs is 1. The maximum Gasteiger partial charge on any atom is 0.243 e. The zero-order valence-corrected chi connectivity index (χ0v) is 17.9. The molecule has 1 aliphatic rings. The number of nitrogens with zero attached hydrogens (tertiary/aromatic N) is 3. The third-order valence-electron chi connectivity index (χ3n) is 4.85. The van der Waals surface area contributed by atoms with E-state index in [1.807, 2.05) is 12.3 Å². The summed E-state index contributed by atoms with van der Waals surface area (Å²) in [5, 5.41) is 12.9. The van der Waals surface area contributed by atoms with E-state index in [-0.39, 0.29) is 37.8 Å². The lowest BCUT2D eigenvalue weighted by atomic mass is 9.97. The summed E-state index contributed by atoms with van der Waals surface area (Å²) in [5.74, 6) is 1.08. The Labute approximate surface area is 178 Å². The molecule has 3 rings (SSSR count). The molecule has 160 valence electrons. The third kappa shape index (κ3) is 4.49. The minimum atomic E-state index is -0.772. The number of aliphatic hydroxyl groups excluding tert-OH is 1. The Hall–Kier alpha value is -2.85. The van der Waals surface area contributed by atoms with Crippen LogP contribution in [0.4, 0.5) is 5.82 Å². The molecule has 2 aromatic rings. The number of thioether (sulfide) groups is 1. The van der Waals surface area contributed by atoms with Gasteiger partial charge in [-0.05, 0) is 18.4 Å². The fourth-order valence-electron chi connectivity index (χ4n) is 3.32. The van der Waals surface area contributed by atoms with E-state index in [1.165, 1.54) is 18.0 Å². The predicted octanol–water partition coefficient (Wildman–Crippen LogP) is 1.29. The van der Waals surface area contributed by atoms with Gasteiger partial charge in [-0.25, -0.2) is 9.97 Å². The first-order valence-corrected chi connectivity index (χ1v) is 10.5. The van der Waals surface area contributed by atoms with Gasteiger partial charge in [-0.3, -0.25) is 9.59 Å². The molecule has 0 spiro atoms. The van der Waals surface area contributed by atoms with Crippen molar-refractivity contribution in [2.75, 3.05) is 38.5 Å². The Morgan fingerprint density at radius 3 is 2.83 bits per heavy atom. The number of amides is 1. The van der Waals surface area contributed by atoms with Crippen molar-refractivity contribution in [1.82, 2.24) is 15.3 Å². The molecule has 9 nitrogen and oxygen atoms in total. The van der Waals surface area contributed by atoms with Gasteiger partial charge in [0.25, 0.3) is 0 Å². The molecule has 2 N–H and O–H groups in total. The third-order valence-corrected chi connectivity index (χ3v) is 5.41. The molecule has 1 atom stereocenters. The summed E-state index contributed by atoms with van der Waals surface area (Å²) in [7, 11) is 3.11. The number of aromatic nitrogens is 2. The van der Waals surface area contributed by atoms with Crippen molar-refractivity contribution in [3.05, 3.63) is 35.5 Å². The number of nitrogens with one attached hydrogen (secondary N) is 1. The van der Waals surface area contributed by atoms with Crippen LogP contribution in [0.3, 0.4) is 0 Å². The average molecular weight is 433 g/mol. The molecular formula is C20H24N4O5S. The van der Waals surface area contributed by atoms with Gasteiger partial charge in [-0.15, -0.1) is 0 Å². The SMILES string of the molecule is COc1ccc(CNC(=O)C2CC(=O)c3cnc(SC)nc3N2CCO)c(OC)c1.